The fourth-order valence-electron chi connectivity index (χ4n) is 1.67. The van der Waals surface area contributed by atoms with Gasteiger partial charge >= 0.3 is 6.18 Å². The molecular formula is C12H17F3N2. The molecular weight excluding hydrogens is 229 g/mol. The molecule has 2 N–H and O–H groups in total. The summed E-state index contributed by atoms with van der Waals surface area (Å²) in [5.41, 5.74) is 5.62. The normalized spacial score (nSPS) is 11.9. The van der Waals surface area contributed by atoms with E-state index in [9.17, 15) is 13.2 Å². The number of hydrogen-bond donors (Lipinski definition) is 1. The Morgan fingerprint density at radius 3 is 2.06 bits per heavy atom. The summed E-state index contributed by atoms with van der Waals surface area (Å²) in [5, 5.41) is 0. The number of nitrogens with two attached hydrogens (primary N) is 1. The van der Waals surface area contributed by atoms with Crippen LogP contribution in [0.4, 0.5) is 18.9 Å². The van der Waals surface area contributed by atoms with Crippen LogP contribution in [0.25, 0.3) is 0 Å². The Balaban J connectivity index is 2.92. The van der Waals surface area contributed by atoms with Gasteiger partial charge in [-0.1, -0.05) is 0 Å². The van der Waals surface area contributed by atoms with Crippen molar-refractivity contribution in [3.8, 4) is 0 Å². The lowest BCUT2D eigenvalue weighted by molar-refractivity contribution is -0.137. The van der Waals surface area contributed by atoms with Gasteiger partial charge in [-0.15, -0.1) is 0 Å². The van der Waals surface area contributed by atoms with Crippen LogP contribution < -0.4 is 10.6 Å². The van der Waals surface area contributed by atoms with Gasteiger partial charge in [0.1, 0.15) is 0 Å². The number of hydrogen-bond acceptors (Lipinski definition) is 2. The molecule has 0 radical (unpaired) electrons. The molecule has 17 heavy (non-hydrogen) atoms. The highest BCUT2D eigenvalue weighted by molar-refractivity contribution is 5.48. The van der Waals surface area contributed by atoms with Crippen molar-refractivity contribution in [1.82, 2.24) is 0 Å². The molecule has 96 valence electrons. The summed E-state index contributed by atoms with van der Waals surface area (Å²) in [6.07, 6.45) is -4.28. The number of nitrogens with zero attached hydrogens (tertiary/aromatic N) is 1. The van der Waals surface area contributed by atoms with E-state index in [0.717, 1.165) is 17.8 Å². The van der Waals surface area contributed by atoms with E-state index in [-0.39, 0.29) is 6.04 Å². The summed E-state index contributed by atoms with van der Waals surface area (Å²) < 4.78 is 37.2. The monoisotopic (exact) mass is 246 g/mol. The zero-order valence-corrected chi connectivity index (χ0v) is 9.96. The van der Waals surface area contributed by atoms with E-state index in [1.54, 1.807) is 0 Å². The Labute approximate surface area is 99.2 Å². The van der Waals surface area contributed by atoms with E-state index < -0.39 is 11.7 Å². The third-order valence-corrected chi connectivity index (χ3v) is 2.52. The van der Waals surface area contributed by atoms with E-state index in [0.29, 0.717) is 13.1 Å². The summed E-state index contributed by atoms with van der Waals surface area (Å²) in [5.74, 6) is 0. The lowest BCUT2D eigenvalue weighted by Crippen LogP contribution is -2.35. The van der Waals surface area contributed by atoms with E-state index >= 15 is 0 Å². The van der Waals surface area contributed by atoms with Gasteiger partial charge in [-0.3, -0.25) is 0 Å². The molecule has 1 aromatic rings. The maximum absolute atomic E-state index is 12.4. The lowest BCUT2D eigenvalue weighted by atomic mass is 10.1. The molecule has 0 unspecified atom stereocenters. The predicted octanol–water partition coefficient (Wildman–Crippen LogP) is 2.88. The second-order valence-electron chi connectivity index (χ2n) is 4.12. The molecule has 0 aliphatic heterocycles. The van der Waals surface area contributed by atoms with Gasteiger partial charge in [0.15, 0.2) is 0 Å². The fraction of sp³-hybridized carbons (Fsp3) is 0.500. The van der Waals surface area contributed by atoms with Gasteiger partial charge in [0.25, 0.3) is 0 Å². The molecule has 0 bridgehead atoms. The molecule has 0 saturated carbocycles. The van der Waals surface area contributed by atoms with Gasteiger partial charge in [0.2, 0.25) is 0 Å². The Morgan fingerprint density at radius 1 is 1.18 bits per heavy atom. The summed E-state index contributed by atoms with van der Waals surface area (Å²) in [6, 6.07) is 5.37. The van der Waals surface area contributed by atoms with E-state index in [1.165, 1.54) is 12.1 Å². The first kappa shape index (κ1) is 13.8. The van der Waals surface area contributed by atoms with Crippen LogP contribution in [0.15, 0.2) is 24.3 Å². The van der Waals surface area contributed by atoms with Crippen molar-refractivity contribution in [2.24, 2.45) is 5.73 Å². The molecule has 0 aliphatic rings. The first-order valence-electron chi connectivity index (χ1n) is 5.50. The maximum Gasteiger partial charge on any atom is 0.416 e. The Bertz CT molecular complexity index is 344. The smallest absolute Gasteiger partial charge is 0.368 e. The van der Waals surface area contributed by atoms with Crippen molar-refractivity contribution in [3.05, 3.63) is 29.8 Å². The Kier molecular flexibility index (Phi) is 4.40. The number of rotatable bonds is 4. The lowest BCUT2D eigenvalue weighted by Gasteiger charge is -2.28. The van der Waals surface area contributed by atoms with Crippen molar-refractivity contribution >= 4 is 5.69 Å². The number of halogens is 3. The molecule has 0 aromatic heterocycles. The first-order chi connectivity index (χ1) is 7.86. The molecule has 0 spiro atoms. The third-order valence-electron chi connectivity index (χ3n) is 2.52. The molecule has 2 nitrogen and oxygen atoms in total. The second kappa shape index (κ2) is 5.40. The van der Waals surface area contributed by atoms with E-state index in [4.69, 9.17) is 5.73 Å². The van der Waals surface area contributed by atoms with Crippen molar-refractivity contribution < 1.29 is 13.2 Å². The summed E-state index contributed by atoms with van der Waals surface area (Å²) in [6.45, 7) is 5.06. The standard InChI is InChI=1S/C12H17F3N2/c1-9(2)17(8-7-16)11-5-3-10(4-6-11)12(13,14)15/h3-6,9H,7-8,16H2,1-2H3. The van der Waals surface area contributed by atoms with Crippen molar-refractivity contribution in [3.63, 3.8) is 0 Å². The quantitative estimate of drug-likeness (QED) is 0.885. The molecule has 5 heteroatoms. The van der Waals surface area contributed by atoms with E-state index in [2.05, 4.69) is 0 Å². The fourth-order valence-corrected chi connectivity index (χ4v) is 1.67. The second-order valence-corrected chi connectivity index (χ2v) is 4.12. The van der Waals surface area contributed by atoms with Crippen LogP contribution in [0.1, 0.15) is 19.4 Å². The number of alkyl halides is 3. The molecule has 1 aromatic carbocycles. The van der Waals surface area contributed by atoms with Crippen LogP contribution in [0, 0.1) is 0 Å². The summed E-state index contributed by atoms with van der Waals surface area (Å²) >= 11 is 0. The minimum atomic E-state index is -4.28. The zero-order chi connectivity index (χ0) is 13.1. The van der Waals surface area contributed by atoms with Crippen LogP contribution in [0.3, 0.4) is 0 Å². The largest absolute Gasteiger partial charge is 0.416 e. The topological polar surface area (TPSA) is 29.3 Å². The highest BCUT2D eigenvalue weighted by atomic mass is 19.4. The van der Waals surface area contributed by atoms with Gasteiger partial charge in [0.05, 0.1) is 5.56 Å². The SMILES string of the molecule is CC(C)N(CCN)c1ccc(C(F)(F)F)cc1. The zero-order valence-electron chi connectivity index (χ0n) is 9.96. The van der Waals surface area contributed by atoms with Crippen LogP contribution in [0.2, 0.25) is 0 Å². The van der Waals surface area contributed by atoms with Crippen molar-refractivity contribution in [1.29, 1.82) is 0 Å². The van der Waals surface area contributed by atoms with Gasteiger partial charge in [-0.25, -0.2) is 0 Å². The van der Waals surface area contributed by atoms with E-state index in [1.807, 2.05) is 18.7 Å². The average Bonchev–Trinajstić information content (AvgIpc) is 2.24. The summed E-state index contributed by atoms with van der Waals surface area (Å²) in [4.78, 5) is 1.97. The van der Waals surface area contributed by atoms with Gasteiger partial charge < -0.3 is 10.6 Å². The molecule has 0 saturated heterocycles. The maximum atomic E-state index is 12.4. The van der Waals surface area contributed by atoms with Crippen molar-refractivity contribution in [2.45, 2.75) is 26.1 Å². The average molecular weight is 246 g/mol. The van der Waals surface area contributed by atoms with Crippen molar-refractivity contribution in [2.75, 3.05) is 18.0 Å². The highest BCUT2D eigenvalue weighted by Crippen LogP contribution is 2.30. The Morgan fingerprint density at radius 2 is 1.71 bits per heavy atom. The molecule has 0 atom stereocenters. The van der Waals surface area contributed by atoms with Gasteiger partial charge in [-0.2, -0.15) is 13.2 Å². The number of anilines is 1. The van der Waals surface area contributed by atoms with Gasteiger partial charge in [0, 0.05) is 24.8 Å². The molecule has 1 rings (SSSR count). The van der Waals surface area contributed by atoms with Gasteiger partial charge in [-0.05, 0) is 38.1 Å². The van der Waals surface area contributed by atoms with Crippen LogP contribution in [-0.2, 0) is 6.18 Å². The van der Waals surface area contributed by atoms with Crippen LogP contribution in [0.5, 0.6) is 0 Å². The first-order valence-corrected chi connectivity index (χ1v) is 5.50. The minimum absolute atomic E-state index is 0.204. The molecule has 0 aliphatic carbocycles. The third kappa shape index (κ3) is 3.63. The number of benzene rings is 1. The highest BCUT2D eigenvalue weighted by Gasteiger charge is 2.30. The molecule has 0 heterocycles. The Hall–Kier alpha value is -1.23. The van der Waals surface area contributed by atoms with Crippen LogP contribution in [-0.4, -0.2) is 19.1 Å². The van der Waals surface area contributed by atoms with Crippen LogP contribution >= 0.6 is 0 Å². The summed E-state index contributed by atoms with van der Waals surface area (Å²) in [7, 11) is 0. The molecule has 0 amide bonds. The predicted molar refractivity (Wildman–Crippen MR) is 63.0 cm³/mol. The minimum Gasteiger partial charge on any atom is -0.368 e. The molecule has 0 fully saturated rings.